The van der Waals surface area contributed by atoms with Crippen LogP contribution in [0, 0.1) is 12.3 Å². The summed E-state index contributed by atoms with van der Waals surface area (Å²) in [5, 5.41) is 28.6. The number of hydrogen-bond acceptors (Lipinski definition) is 17. The molecule has 2 aliphatic rings. The van der Waals surface area contributed by atoms with Gasteiger partial charge in [0.05, 0.1) is 50.8 Å². The maximum Gasteiger partial charge on any atom is 0.303 e. The van der Waals surface area contributed by atoms with E-state index in [1.54, 1.807) is 22.7 Å². The number of anilines is 3. The van der Waals surface area contributed by atoms with E-state index in [0.717, 1.165) is 25.0 Å². The third-order valence-corrected chi connectivity index (χ3v) is 9.54. The predicted molar refractivity (Wildman–Crippen MR) is 210 cm³/mol. The zero-order valence-electron chi connectivity index (χ0n) is 33.2. The normalized spacial score (nSPS) is 15.1. The molecule has 0 bridgehead atoms. The van der Waals surface area contributed by atoms with Crippen molar-refractivity contribution in [1.29, 1.82) is 0 Å². The predicted octanol–water partition coefficient (Wildman–Crippen LogP) is -1.29. The minimum absolute atomic E-state index is 0.0384. The Bertz CT molecular complexity index is 1780. The van der Waals surface area contributed by atoms with Crippen LogP contribution in [0.25, 0.3) is 0 Å². The Morgan fingerprint density at radius 2 is 1.45 bits per heavy atom. The van der Waals surface area contributed by atoms with E-state index in [4.69, 9.17) is 46.4 Å². The van der Waals surface area contributed by atoms with E-state index >= 15 is 0 Å². The summed E-state index contributed by atoms with van der Waals surface area (Å²) in [7, 11) is 0. The maximum atomic E-state index is 13.4. The monoisotopic (exact) mass is 809 g/mol. The molecule has 2 saturated heterocycles. The van der Waals surface area contributed by atoms with Crippen molar-refractivity contribution in [3.05, 3.63) is 23.8 Å². The molecule has 1 atom stereocenters. The maximum absolute atomic E-state index is 13.4. The summed E-state index contributed by atoms with van der Waals surface area (Å²) < 4.78 is 19.4. The van der Waals surface area contributed by atoms with Gasteiger partial charge in [-0.15, -0.1) is 16.6 Å². The summed E-state index contributed by atoms with van der Waals surface area (Å²) >= 11 is 0. The number of nitrogens with zero attached hydrogens (tertiary/aromatic N) is 13. The van der Waals surface area contributed by atoms with Gasteiger partial charge in [0.2, 0.25) is 29.7 Å². The van der Waals surface area contributed by atoms with Crippen LogP contribution < -0.4 is 20.9 Å². The average Bonchev–Trinajstić information content (AvgIpc) is 3.91. The number of rotatable bonds is 24. The smallest absolute Gasteiger partial charge is 0.303 e. The first kappa shape index (κ1) is 43.6. The van der Waals surface area contributed by atoms with Crippen molar-refractivity contribution in [1.82, 2.24) is 54.7 Å². The molecule has 0 spiro atoms. The lowest BCUT2D eigenvalue weighted by molar-refractivity contribution is -0.137. The molecule has 0 unspecified atom stereocenters. The van der Waals surface area contributed by atoms with E-state index in [2.05, 4.69) is 31.9 Å². The van der Waals surface area contributed by atoms with Crippen molar-refractivity contribution in [3.63, 3.8) is 0 Å². The number of aryl methyl sites for hydroxylation is 2. The van der Waals surface area contributed by atoms with Crippen molar-refractivity contribution in [2.24, 2.45) is 5.73 Å². The second kappa shape index (κ2) is 23.0. The van der Waals surface area contributed by atoms with Gasteiger partial charge in [-0.1, -0.05) is 16.3 Å². The highest BCUT2D eigenvalue weighted by molar-refractivity contribution is 5.80. The Balaban J connectivity index is 1.16. The van der Waals surface area contributed by atoms with Crippen molar-refractivity contribution >= 4 is 35.6 Å². The molecule has 2 amide bonds. The van der Waals surface area contributed by atoms with Crippen LogP contribution in [0.3, 0.4) is 0 Å². The second-order valence-electron chi connectivity index (χ2n) is 13.8. The number of nitrogens with two attached hydrogens (primary N) is 1. The molecule has 22 nitrogen and oxygen atoms in total. The van der Waals surface area contributed by atoms with Gasteiger partial charge >= 0.3 is 5.97 Å². The number of amides is 2. The number of nitrogens with one attached hydrogen (secondary N) is 1. The zero-order valence-corrected chi connectivity index (χ0v) is 33.2. The first-order chi connectivity index (χ1) is 28.2. The number of carboxylic acids is 1. The molecule has 5 rings (SSSR count). The van der Waals surface area contributed by atoms with E-state index in [0.29, 0.717) is 122 Å². The standard InChI is InChI=1S/C36H55N15O7/c1-3-19-56-21-23-58-24-22-57-20-10-38-34-39-35(48-15-11-46(12-16-48)31(52)27-50-25-29(42-44-50)6-4-5-9-37)41-36(40-34)49-17-13-47(14-18-49)33(55)28(2)51-26-30(43-45-51)7-8-32(53)54/h1,25-26,28H,4-24,27,37H2,2H3,(H,53,54)(H,38,39,40,41)/t28-/m0/s1. The highest BCUT2D eigenvalue weighted by Gasteiger charge is 2.29. The Hall–Kier alpha value is -5.50. The van der Waals surface area contributed by atoms with Crippen LogP contribution >= 0.6 is 0 Å². The van der Waals surface area contributed by atoms with Crippen molar-refractivity contribution < 1.29 is 33.7 Å². The van der Waals surface area contributed by atoms with Gasteiger partial charge in [0.1, 0.15) is 19.2 Å². The molecular weight excluding hydrogens is 754 g/mol. The highest BCUT2D eigenvalue weighted by atomic mass is 16.5. The molecule has 0 radical (unpaired) electrons. The molecule has 0 aliphatic carbocycles. The van der Waals surface area contributed by atoms with Gasteiger partial charge in [0.15, 0.2) is 0 Å². The number of aliphatic carboxylic acids is 1. The van der Waals surface area contributed by atoms with Crippen LogP contribution in [0.5, 0.6) is 0 Å². The van der Waals surface area contributed by atoms with Crippen LogP contribution in [0.2, 0.25) is 0 Å². The number of ether oxygens (including phenoxy) is 3. The molecule has 0 saturated carbocycles. The lowest BCUT2D eigenvalue weighted by Crippen LogP contribution is -2.51. The van der Waals surface area contributed by atoms with E-state index < -0.39 is 12.0 Å². The largest absolute Gasteiger partial charge is 0.481 e. The third kappa shape index (κ3) is 13.6. The summed E-state index contributed by atoms with van der Waals surface area (Å²) in [5.41, 5.74) is 6.96. The summed E-state index contributed by atoms with van der Waals surface area (Å²) in [6.45, 7) is 9.11. The first-order valence-corrected chi connectivity index (χ1v) is 19.7. The third-order valence-electron chi connectivity index (χ3n) is 9.54. The van der Waals surface area contributed by atoms with Gasteiger partial charge in [-0.05, 0) is 32.7 Å². The van der Waals surface area contributed by atoms with Gasteiger partial charge in [0.25, 0.3) is 0 Å². The number of terminal acetylenes is 1. The number of aromatic nitrogens is 9. The molecule has 3 aromatic heterocycles. The lowest BCUT2D eigenvalue weighted by Gasteiger charge is -2.37. The molecule has 2 aliphatic heterocycles. The molecular formula is C36H55N15O7. The van der Waals surface area contributed by atoms with Crippen LogP contribution in [-0.4, -0.2) is 183 Å². The van der Waals surface area contributed by atoms with E-state index in [-0.39, 0.29) is 37.8 Å². The molecule has 2 fully saturated rings. The minimum atomic E-state index is -0.922. The van der Waals surface area contributed by atoms with Crippen molar-refractivity contribution in [2.45, 2.75) is 51.6 Å². The molecule has 316 valence electrons. The number of carbonyl (C=O) groups excluding carboxylic acids is 2. The molecule has 3 aromatic rings. The van der Waals surface area contributed by atoms with Crippen LogP contribution in [0.1, 0.15) is 43.6 Å². The summed E-state index contributed by atoms with van der Waals surface area (Å²) in [4.78, 5) is 59.5. The quantitative estimate of drug-likeness (QED) is 0.0703. The van der Waals surface area contributed by atoms with Gasteiger partial charge in [-0.25, -0.2) is 9.36 Å². The summed E-state index contributed by atoms with van der Waals surface area (Å²) in [6, 6.07) is -0.607. The van der Waals surface area contributed by atoms with Crippen LogP contribution in [0.15, 0.2) is 12.4 Å². The lowest BCUT2D eigenvalue weighted by atomic mass is 10.2. The molecule has 4 N–H and O–H groups in total. The van der Waals surface area contributed by atoms with Crippen LogP contribution in [0.4, 0.5) is 17.8 Å². The Kier molecular flexibility index (Phi) is 17.3. The van der Waals surface area contributed by atoms with E-state index in [9.17, 15) is 14.4 Å². The summed E-state index contributed by atoms with van der Waals surface area (Å²) in [6.07, 6.45) is 11.4. The number of carbonyl (C=O) groups is 3. The molecule has 5 heterocycles. The number of carboxylic acid groups (broad SMARTS) is 1. The van der Waals surface area contributed by atoms with Crippen LogP contribution in [-0.2, 0) is 48.0 Å². The minimum Gasteiger partial charge on any atom is -0.481 e. The Morgan fingerprint density at radius 1 is 0.828 bits per heavy atom. The van der Waals surface area contributed by atoms with E-state index in [1.165, 1.54) is 4.68 Å². The number of hydrogen-bond donors (Lipinski definition) is 3. The number of piperazine rings is 2. The molecule has 22 heteroatoms. The van der Waals surface area contributed by atoms with Crippen molar-refractivity contribution in [3.8, 4) is 12.3 Å². The highest BCUT2D eigenvalue weighted by Crippen LogP contribution is 2.21. The average molecular weight is 810 g/mol. The second-order valence-corrected chi connectivity index (χ2v) is 13.8. The zero-order chi connectivity index (χ0) is 41.1. The first-order valence-electron chi connectivity index (χ1n) is 19.7. The van der Waals surface area contributed by atoms with Gasteiger partial charge in [-0.3, -0.25) is 14.4 Å². The van der Waals surface area contributed by atoms with Crippen molar-refractivity contribution in [2.75, 3.05) is 120 Å². The fourth-order valence-electron chi connectivity index (χ4n) is 6.25. The molecule has 0 aromatic carbocycles. The van der Waals surface area contributed by atoms with Gasteiger partial charge in [0, 0.05) is 77.7 Å². The van der Waals surface area contributed by atoms with E-state index in [1.807, 2.05) is 20.9 Å². The molecule has 58 heavy (non-hydrogen) atoms. The Morgan fingerprint density at radius 3 is 2.10 bits per heavy atom. The topological polar surface area (TPSA) is 250 Å². The fraction of sp³-hybridized carbons (Fsp3) is 0.667. The fourth-order valence-corrected chi connectivity index (χ4v) is 6.25. The van der Waals surface area contributed by atoms with Gasteiger partial charge < -0.3 is 50.0 Å². The SMILES string of the molecule is C#CCOCCOCCOCCNc1nc(N2CCN(C(=O)Cn3cc(CCCCN)nn3)CC2)nc(N2CCN(C(=O)[C@H](C)n3cc(CCC(=O)O)nn3)CC2)n1. The van der Waals surface area contributed by atoms with Gasteiger partial charge in [-0.2, -0.15) is 15.0 Å². The number of unbranched alkanes of at least 4 members (excludes halogenated alkanes) is 1. The summed E-state index contributed by atoms with van der Waals surface area (Å²) in [5.74, 6) is 2.67. The Labute approximate surface area is 337 Å².